The van der Waals surface area contributed by atoms with Crippen LogP contribution < -0.4 is 5.32 Å². The van der Waals surface area contributed by atoms with Gasteiger partial charge in [-0.3, -0.25) is 4.79 Å². The van der Waals surface area contributed by atoms with Gasteiger partial charge >= 0.3 is 0 Å². The molecule has 4 heteroatoms. The lowest BCUT2D eigenvalue weighted by Gasteiger charge is -2.21. The molecule has 0 bridgehead atoms. The normalized spacial score (nSPS) is 16.7. The average molecular weight is 344 g/mol. The van der Waals surface area contributed by atoms with Crippen molar-refractivity contribution in [1.29, 1.82) is 0 Å². The third-order valence-electron chi connectivity index (χ3n) is 3.92. The topological polar surface area (TPSA) is 29.1 Å². The number of nitrogens with one attached hydrogen (secondary N) is 1. The van der Waals surface area contributed by atoms with Crippen LogP contribution in [0.2, 0.25) is 0 Å². The Morgan fingerprint density at radius 2 is 1.70 bits per heavy atom. The molecule has 120 valence electrons. The Morgan fingerprint density at radius 1 is 1.04 bits per heavy atom. The SMILES string of the molecule is C[C@@H](NC(=O)c1ccc(C2SCCCS2)cc1)c1ccccc1. The number of thioether (sulfide) groups is 2. The second-order valence-electron chi connectivity index (χ2n) is 5.65. The van der Waals surface area contributed by atoms with Crippen LogP contribution in [-0.4, -0.2) is 17.4 Å². The predicted molar refractivity (Wildman–Crippen MR) is 101 cm³/mol. The van der Waals surface area contributed by atoms with Crippen LogP contribution in [0.3, 0.4) is 0 Å². The molecule has 3 rings (SSSR count). The van der Waals surface area contributed by atoms with Gasteiger partial charge in [0.15, 0.2) is 0 Å². The van der Waals surface area contributed by atoms with Gasteiger partial charge in [0, 0.05) is 5.56 Å². The number of carbonyl (C=O) groups excluding carboxylic acids is 1. The quantitative estimate of drug-likeness (QED) is 0.842. The van der Waals surface area contributed by atoms with Gasteiger partial charge in [-0.15, -0.1) is 23.5 Å². The second-order valence-corrected chi connectivity index (χ2v) is 8.38. The highest BCUT2D eigenvalue weighted by atomic mass is 32.2. The Labute approximate surface area is 146 Å². The lowest BCUT2D eigenvalue weighted by atomic mass is 10.1. The van der Waals surface area contributed by atoms with Crippen molar-refractivity contribution in [2.45, 2.75) is 24.0 Å². The standard InChI is InChI=1S/C19H21NOS2/c1-14(15-6-3-2-4-7-15)20-18(21)16-8-10-17(11-9-16)19-22-12-5-13-23-19/h2-4,6-11,14,19H,5,12-13H2,1H3,(H,20,21)/t14-/m1/s1. The number of hydrogen-bond donors (Lipinski definition) is 1. The maximum absolute atomic E-state index is 12.4. The van der Waals surface area contributed by atoms with E-state index in [0.717, 1.165) is 11.1 Å². The maximum Gasteiger partial charge on any atom is 0.251 e. The molecule has 1 fully saturated rings. The van der Waals surface area contributed by atoms with Crippen molar-refractivity contribution < 1.29 is 4.79 Å². The van der Waals surface area contributed by atoms with Gasteiger partial charge in [-0.25, -0.2) is 0 Å². The molecular formula is C19H21NOS2. The highest BCUT2D eigenvalue weighted by Crippen LogP contribution is 2.43. The second kappa shape index (κ2) is 7.93. The van der Waals surface area contributed by atoms with Crippen LogP contribution in [0, 0.1) is 0 Å². The molecule has 1 amide bonds. The van der Waals surface area contributed by atoms with Crippen molar-refractivity contribution in [3.05, 3.63) is 71.3 Å². The van der Waals surface area contributed by atoms with E-state index in [-0.39, 0.29) is 11.9 Å². The van der Waals surface area contributed by atoms with E-state index >= 15 is 0 Å². The van der Waals surface area contributed by atoms with Gasteiger partial charge < -0.3 is 5.32 Å². The summed E-state index contributed by atoms with van der Waals surface area (Å²) in [4.78, 5) is 12.4. The zero-order valence-corrected chi connectivity index (χ0v) is 14.8. The Bertz CT molecular complexity index is 636. The highest BCUT2D eigenvalue weighted by molar-refractivity contribution is 8.16. The Balaban J connectivity index is 1.63. The summed E-state index contributed by atoms with van der Waals surface area (Å²) in [6.07, 6.45) is 1.30. The van der Waals surface area contributed by atoms with Crippen LogP contribution in [-0.2, 0) is 0 Å². The van der Waals surface area contributed by atoms with Gasteiger partial charge in [0.05, 0.1) is 10.6 Å². The van der Waals surface area contributed by atoms with Crippen LogP contribution in [0.15, 0.2) is 54.6 Å². The molecule has 0 radical (unpaired) electrons. The molecule has 0 aliphatic carbocycles. The van der Waals surface area contributed by atoms with Gasteiger partial charge in [-0.05, 0) is 48.1 Å². The third-order valence-corrected chi connectivity index (χ3v) is 6.93. The Kier molecular flexibility index (Phi) is 5.68. The summed E-state index contributed by atoms with van der Waals surface area (Å²) in [5, 5.41) is 3.06. The summed E-state index contributed by atoms with van der Waals surface area (Å²) in [5.41, 5.74) is 3.15. The van der Waals surface area contributed by atoms with Crippen LogP contribution in [0.4, 0.5) is 0 Å². The maximum atomic E-state index is 12.4. The summed E-state index contributed by atoms with van der Waals surface area (Å²) >= 11 is 4.00. The molecule has 0 spiro atoms. The average Bonchev–Trinajstić information content (AvgIpc) is 2.63. The molecule has 2 aromatic rings. The lowest BCUT2D eigenvalue weighted by Crippen LogP contribution is -2.26. The van der Waals surface area contributed by atoms with Crippen LogP contribution >= 0.6 is 23.5 Å². The van der Waals surface area contributed by atoms with Crippen molar-refractivity contribution in [3.63, 3.8) is 0 Å². The molecule has 1 saturated heterocycles. The first-order chi connectivity index (χ1) is 11.2. The minimum absolute atomic E-state index is 0.00725. The Morgan fingerprint density at radius 3 is 2.35 bits per heavy atom. The van der Waals surface area contributed by atoms with E-state index in [1.54, 1.807) is 0 Å². The Hall–Kier alpha value is -1.39. The smallest absolute Gasteiger partial charge is 0.251 e. The molecule has 1 atom stereocenters. The van der Waals surface area contributed by atoms with Gasteiger partial charge in [0.2, 0.25) is 0 Å². The summed E-state index contributed by atoms with van der Waals surface area (Å²) in [6.45, 7) is 2.01. The van der Waals surface area contributed by atoms with E-state index in [0.29, 0.717) is 4.58 Å². The minimum atomic E-state index is -0.0168. The zero-order valence-electron chi connectivity index (χ0n) is 13.2. The fourth-order valence-electron chi connectivity index (χ4n) is 2.58. The summed E-state index contributed by atoms with van der Waals surface area (Å²) in [7, 11) is 0. The monoisotopic (exact) mass is 343 g/mol. The van der Waals surface area contributed by atoms with Crippen molar-refractivity contribution in [2.75, 3.05) is 11.5 Å². The molecule has 1 aliphatic heterocycles. The third kappa shape index (κ3) is 4.33. The molecule has 0 unspecified atom stereocenters. The van der Waals surface area contributed by atoms with Crippen LogP contribution in [0.5, 0.6) is 0 Å². The number of hydrogen-bond acceptors (Lipinski definition) is 3. The minimum Gasteiger partial charge on any atom is -0.346 e. The summed E-state index contributed by atoms with van der Waals surface area (Å²) in [6, 6.07) is 18.1. The first kappa shape index (κ1) is 16.5. The number of amides is 1. The zero-order chi connectivity index (χ0) is 16.1. The van der Waals surface area contributed by atoms with Gasteiger partial charge in [0.25, 0.3) is 5.91 Å². The molecule has 1 aliphatic rings. The molecule has 2 nitrogen and oxygen atoms in total. The molecule has 1 heterocycles. The van der Waals surface area contributed by atoms with Crippen molar-refractivity contribution in [3.8, 4) is 0 Å². The molecule has 23 heavy (non-hydrogen) atoms. The molecular weight excluding hydrogens is 322 g/mol. The first-order valence-electron chi connectivity index (χ1n) is 7.93. The highest BCUT2D eigenvalue weighted by Gasteiger charge is 2.17. The van der Waals surface area contributed by atoms with Crippen molar-refractivity contribution >= 4 is 29.4 Å². The van der Waals surface area contributed by atoms with E-state index in [2.05, 4.69) is 17.4 Å². The molecule has 2 aromatic carbocycles. The number of rotatable bonds is 4. The predicted octanol–water partition coefficient (Wildman–Crippen LogP) is 5.05. The fourth-order valence-corrected chi connectivity index (χ4v) is 5.47. The van der Waals surface area contributed by atoms with Gasteiger partial charge in [-0.1, -0.05) is 42.5 Å². The van der Waals surface area contributed by atoms with E-state index in [1.807, 2.05) is 72.9 Å². The van der Waals surface area contributed by atoms with E-state index in [4.69, 9.17) is 0 Å². The van der Waals surface area contributed by atoms with E-state index < -0.39 is 0 Å². The van der Waals surface area contributed by atoms with Crippen LogP contribution in [0.25, 0.3) is 0 Å². The number of benzene rings is 2. The van der Waals surface area contributed by atoms with Gasteiger partial charge in [-0.2, -0.15) is 0 Å². The molecule has 0 aromatic heterocycles. The van der Waals surface area contributed by atoms with Crippen LogP contribution in [0.1, 0.15) is 45.5 Å². The summed E-state index contributed by atoms with van der Waals surface area (Å²) < 4.78 is 0.518. The largest absolute Gasteiger partial charge is 0.346 e. The summed E-state index contributed by atoms with van der Waals surface area (Å²) in [5.74, 6) is 2.44. The van der Waals surface area contributed by atoms with Gasteiger partial charge in [0.1, 0.15) is 0 Å². The van der Waals surface area contributed by atoms with E-state index in [1.165, 1.54) is 23.5 Å². The van der Waals surface area contributed by atoms with Crippen molar-refractivity contribution in [1.82, 2.24) is 5.32 Å². The van der Waals surface area contributed by atoms with E-state index in [9.17, 15) is 4.79 Å². The molecule has 1 N–H and O–H groups in total. The first-order valence-corrected chi connectivity index (χ1v) is 10.0. The fraction of sp³-hybridized carbons (Fsp3) is 0.316. The molecule has 0 saturated carbocycles. The number of carbonyl (C=O) groups is 1. The lowest BCUT2D eigenvalue weighted by molar-refractivity contribution is 0.0940. The van der Waals surface area contributed by atoms with Crippen molar-refractivity contribution in [2.24, 2.45) is 0 Å².